The van der Waals surface area contributed by atoms with Crippen LogP contribution < -0.4 is 0 Å². The fourth-order valence-corrected chi connectivity index (χ4v) is 1.88. The van der Waals surface area contributed by atoms with Gasteiger partial charge in [-0.05, 0) is 23.2 Å². The van der Waals surface area contributed by atoms with Crippen molar-refractivity contribution in [1.29, 1.82) is 0 Å². The third-order valence-corrected chi connectivity index (χ3v) is 2.54. The van der Waals surface area contributed by atoms with E-state index in [0.29, 0.717) is 4.47 Å². The number of hydrogen-bond donors (Lipinski definition) is 0. The van der Waals surface area contributed by atoms with Crippen LogP contribution in [0.2, 0.25) is 4.47 Å². The summed E-state index contributed by atoms with van der Waals surface area (Å²) >= 11 is 7.05. The SMILES string of the molecule is Clc1nnc(Cc2cccnc2)s1. The van der Waals surface area contributed by atoms with Gasteiger partial charge in [0.25, 0.3) is 0 Å². The van der Waals surface area contributed by atoms with Crippen LogP contribution >= 0.6 is 22.9 Å². The highest BCUT2D eigenvalue weighted by Crippen LogP contribution is 2.17. The first-order valence-corrected chi connectivity index (χ1v) is 4.91. The first-order chi connectivity index (χ1) is 6.34. The van der Waals surface area contributed by atoms with Gasteiger partial charge in [-0.1, -0.05) is 17.4 Å². The fraction of sp³-hybridized carbons (Fsp3) is 0.125. The Morgan fingerprint density at radius 1 is 1.38 bits per heavy atom. The van der Waals surface area contributed by atoms with Gasteiger partial charge in [0.05, 0.1) is 0 Å². The van der Waals surface area contributed by atoms with Gasteiger partial charge in [-0.15, -0.1) is 10.2 Å². The van der Waals surface area contributed by atoms with E-state index in [9.17, 15) is 0 Å². The highest BCUT2D eigenvalue weighted by molar-refractivity contribution is 7.15. The lowest BCUT2D eigenvalue weighted by molar-refractivity contribution is 0.998. The Morgan fingerprint density at radius 3 is 2.92 bits per heavy atom. The number of hydrogen-bond acceptors (Lipinski definition) is 4. The molecule has 2 aromatic heterocycles. The van der Waals surface area contributed by atoms with Crippen LogP contribution in [0.15, 0.2) is 24.5 Å². The Morgan fingerprint density at radius 2 is 2.31 bits per heavy atom. The van der Waals surface area contributed by atoms with Crippen molar-refractivity contribution in [3.8, 4) is 0 Å². The maximum Gasteiger partial charge on any atom is 0.207 e. The Hall–Kier alpha value is -1.00. The molecule has 0 aromatic carbocycles. The minimum Gasteiger partial charge on any atom is -0.264 e. The van der Waals surface area contributed by atoms with Gasteiger partial charge in [-0.25, -0.2) is 0 Å². The molecule has 0 fully saturated rings. The molecule has 2 rings (SSSR count). The van der Waals surface area contributed by atoms with Crippen molar-refractivity contribution >= 4 is 22.9 Å². The topological polar surface area (TPSA) is 38.7 Å². The molecule has 0 amide bonds. The molecule has 2 heterocycles. The molecule has 0 aliphatic rings. The van der Waals surface area contributed by atoms with Crippen LogP contribution in [0.3, 0.4) is 0 Å². The first kappa shape index (κ1) is 8.59. The van der Waals surface area contributed by atoms with Crippen LogP contribution in [0.25, 0.3) is 0 Å². The Labute approximate surface area is 84.4 Å². The number of aromatic nitrogens is 3. The largest absolute Gasteiger partial charge is 0.264 e. The lowest BCUT2D eigenvalue weighted by atomic mass is 10.2. The fourth-order valence-electron chi connectivity index (χ4n) is 0.982. The molecule has 2 aromatic rings. The van der Waals surface area contributed by atoms with Crippen LogP contribution in [0.1, 0.15) is 10.6 Å². The predicted octanol–water partition coefficient (Wildman–Crippen LogP) is 2.18. The molecule has 0 aliphatic carbocycles. The summed E-state index contributed by atoms with van der Waals surface area (Å²) in [6, 6.07) is 3.90. The zero-order valence-corrected chi connectivity index (χ0v) is 8.22. The molecular formula is C8H6ClN3S. The Balaban J connectivity index is 2.15. The Kier molecular flexibility index (Phi) is 2.52. The molecule has 0 unspecified atom stereocenters. The quantitative estimate of drug-likeness (QED) is 0.764. The van der Waals surface area contributed by atoms with Gasteiger partial charge in [-0.3, -0.25) is 4.98 Å². The van der Waals surface area contributed by atoms with Crippen molar-refractivity contribution in [3.05, 3.63) is 39.6 Å². The molecule has 0 radical (unpaired) electrons. The number of nitrogens with zero attached hydrogens (tertiary/aromatic N) is 3. The molecule has 0 saturated carbocycles. The van der Waals surface area contributed by atoms with Crippen LogP contribution in [0.4, 0.5) is 0 Å². The smallest absolute Gasteiger partial charge is 0.207 e. The average Bonchev–Trinajstić information content (AvgIpc) is 2.53. The van der Waals surface area contributed by atoms with Gasteiger partial charge < -0.3 is 0 Å². The normalized spacial score (nSPS) is 10.2. The maximum atomic E-state index is 5.66. The lowest BCUT2D eigenvalue weighted by Gasteiger charge is -1.93. The molecule has 66 valence electrons. The summed E-state index contributed by atoms with van der Waals surface area (Å²) in [7, 11) is 0. The lowest BCUT2D eigenvalue weighted by Crippen LogP contribution is -1.87. The summed E-state index contributed by atoms with van der Waals surface area (Å²) in [5.41, 5.74) is 1.12. The summed E-state index contributed by atoms with van der Waals surface area (Å²) in [6.07, 6.45) is 4.31. The van der Waals surface area contributed by atoms with E-state index in [1.165, 1.54) is 11.3 Å². The molecule has 5 heteroatoms. The van der Waals surface area contributed by atoms with E-state index in [2.05, 4.69) is 15.2 Å². The molecular weight excluding hydrogens is 206 g/mol. The van der Waals surface area contributed by atoms with Crippen LogP contribution in [0, 0.1) is 0 Å². The van der Waals surface area contributed by atoms with E-state index < -0.39 is 0 Å². The van der Waals surface area contributed by atoms with Gasteiger partial charge in [0.2, 0.25) is 4.47 Å². The molecule has 0 saturated heterocycles. The molecule has 3 nitrogen and oxygen atoms in total. The molecule has 0 spiro atoms. The van der Waals surface area contributed by atoms with E-state index in [-0.39, 0.29) is 0 Å². The second-order valence-corrected chi connectivity index (χ2v) is 4.13. The van der Waals surface area contributed by atoms with E-state index in [0.717, 1.165) is 17.0 Å². The third kappa shape index (κ3) is 2.23. The van der Waals surface area contributed by atoms with Gasteiger partial charge >= 0.3 is 0 Å². The zero-order chi connectivity index (χ0) is 9.10. The molecule has 0 atom stereocenters. The maximum absolute atomic E-state index is 5.66. The second-order valence-electron chi connectivity index (χ2n) is 2.49. The third-order valence-electron chi connectivity index (χ3n) is 1.52. The molecule has 13 heavy (non-hydrogen) atoms. The minimum absolute atomic E-state index is 0.485. The predicted molar refractivity (Wildman–Crippen MR) is 52.0 cm³/mol. The summed E-state index contributed by atoms with van der Waals surface area (Å²) in [4.78, 5) is 4.01. The summed E-state index contributed by atoms with van der Waals surface area (Å²) < 4.78 is 0.485. The van der Waals surface area contributed by atoms with Crippen LogP contribution in [-0.4, -0.2) is 15.2 Å². The van der Waals surface area contributed by atoms with Gasteiger partial charge in [-0.2, -0.15) is 0 Å². The van der Waals surface area contributed by atoms with Crippen molar-refractivity contribution in [2.45, 2.75) is 6.42 Å². The summed E-state index contributed by atoms with van der Waals surface area (Å²) in [5, 5.41) is 8.56. The van der Waals surface area contributed by atoms with Gasteiger partial charge in [0, 0.05) is 18.8 Å². The first-order valence-electron chi connectivity index (χ1n) is 3.71. The van der Waals surface area contributed by atoms with Crippen molar-refractivity contribution in [2.75, 3.05) is 0 Å². The number of rotatable bonds is 2. The van der Waals surface area contributed by atoms with Crippen molar-refractivity contribution < 1.29 is 0 Å². The average molecular weight is 212 g/mol. The minimum atomic E-state index is 0.485. The van der Waals surface area contributed by atoms with Crippen molar-refractivity contribution in [3.63, 3.8) is 0 Å². The highest BCUT2D eigenvalue weighted by Gasteiger charge is 2.02. The monoisotopic (exact) mass is 211 g/mol. The van der Waals surface area contributed by atoms with Crippen molar-refractivity contribution in [2.24, 2.45) is 0 Å². The van der Waals surface area contributed by atoms with Gasteiger partial charge in [0.1, 0.15) is 5.01 Å². The van der Waals surface area contributed by atoms with Crippen molar-refractivity contribution in [1.82, 2.24) is 15.2 Å². The van der Waals surface area contributed by atoms with Crippen LogP contribution in [0.5, 0.6) is 0 Å². The number of halogens is 1. The van der Waals surface area contributed by atoms with Crippen LogP contribution in [-0.2, 0) is 6.42 Å². The molecule has 0 N–H and O–H groups in total. The van der Waals surface area contributed by atoms with Gasteiger partial charge in [0.15, 0.2) is 0 Å². The molecule has 0 bridgehead atoms. The van der Waals surface area contributed by atoms with E-state index >= 15 is 0 Å². The number of pyridine rings is 1. The second kappa shape index (κ2) is 3.81. The standard InChI is InChI=1S/C8H6ClN3S/c9-8-12-11-7(13-8)4-6-2-1-3-10-5-6/h1-3,5H,4H2. The Bertz CT molecular complexity index is 387. The molecule has 0 aliphatic heterocycles. The highest BCUT2D eigenvalue weighted by atomic mass is 35.5. The summed E-state index contributed by atoms with van der Waals surface area (Å²) in [6.45, 7) is 0. The zero-order valence-electron chi connectivity index (χ0n) is 6.64. The van der Waals surface area contributed by atoms with E-state index in [1.807, 2.05) is 18.3 Å². The summed E-state index contributed by atoms with van der Waals surface area (Å²) in [5.74, 6) is 0. The van der Waals surface area contributed by atoms with E-state index in [4.69, 9.17) is 11.6 Å². The van der Waals surface area contributed by atoms with E-state index in [1.54, 1.807) is 6.20 Å².